The first kappa shape index (κ1) is 14.5. The number of hydrogen-bond acceptors (Lipinski definition) is 3. The maximum absolute atomic E-state index is 13.6. The molecule has 0 amide bonds. The zero-order valence-electron chi connectivity index (χ0n) is 12.0. The van der Waals surface area contributed by atoms with Crippen LogP contribution in [0.4, 0.5) is 4.39 Å². The lowest BCUT2D eigenvalue weighted by Gasteiger charge is -2.15. The van der Waals surface area contributed by atoms with Gasteiger partial charge in [0.1, 0.15) is 5.82 Å². The molecule has 0 radical (unpaired) electrons. The maximum Gasteiger partial charge on any atom is 0.338 e. The summed E-state index contributed by atoms with van der Waals surface area (Å²) in [7, 11) is 0. The molecule has 1 unspecified atom stereocenters. The van der Waals surface area contributed by atoms with Crippen molar-refractivity contribution < 1.29 is 14.3 Å². The molecule has 1 aromatic rings. The Kier molecular flexibility index (Phi) is 4.22. The molecule has 2 N–H and O–H groups in total. The van der Waals surface area contributed by atoms with Crippen LogP contribution in [0.3, 0.4) is 0 Å². The molecule has 3 rings (SSSR count). The Morgan fingerprint density at radius 2 is 2.19 bits per heavy atom. The lowest BCUT2D eigenvalue weighted by Crippen LogP contribution is -2.27. The predicted octanol–water partition coefficient (Wildman–Crippen LogP) is 2.10. The van der Waals surface area contributed by atoms with Gasteiger partial charge in [0.2, 0.25) is 0 Å². The van der Waals surface area contributed by atoms with Gasteiger partial charge in [-0.3, -0.25) is 0 Å². The molecule has 1 saturated carbocycles. The number of carboxylic acids is 1. The van der Waals surface area contributed by atoms with E-state index in [9.17, 15) is 9.18 Å². The molecular weight excluding hydrogens is 271 g/mol. The van der Waals surface area contributed by atoms with Gasteiger partial charge in [0, 0.05) is 19.1 Å². The third-order valence-corrected chi connectivity index (χ3v) is 4.41. The molecule has 2 fully saturated rings. The standard InChI is InChI=1S/C16H21FN2O2/c17-15-7-11(1-4-14(15)16(20)21)8-18-9-12-5-6-19(10-12)13-2-3-13/h1,4,7,12-13,18H,2-3,5-6,8-10H2,(H,20,21). The van der Waals surface area contributed by atoms with Crippen LogP contribution < -0.4 is 5.32 Å². The molecule has 1 atom stereocenters. The zero-order chi connectivity index (χ0) is 14.8. The lowest BCUT2D eigenvalue weighted by atomic mass is 10.1. The molecule has 1 aromatic carbocycles. The van der Waals surface area contributed by atoms with E-state index in [4.69, 9.17) is 5.11 Å². The monoisotopic (exact) mass is 292 g/mol. The van der Waals surface area contributed by atoms with Crippen LogP contribution in [0.25, 0.3) is 0 Å². The highest BCUT2D eigenvalue weighted by molar-refractivity contribution is 5.87. The highest BCUT2D eigenvalue weighted by Gasteiger charge is 2.33. The molecule has 1 aliphatic heterocycles. The Bertz CT molecular complexity index is 531. The van der Waals surface area contributed by atoms with E-state index in [-0.39, 0.29) is 5.56 Å². The number of rotatable bonds is 6. The number of hydrogen-bond donors (Lipinski definition) is 2. The molecular formula is C16H21FN2O2. The minimum Gasteiger partial charge on any atom is -0.478 e. The predicted molar refractivity (Wildman–Crippen MR) is 77.8 cm³/mol. The summed E-state index contributed by atoms with van der Waals surface area (Å²) in [6, 6.07) is 5.15. The summed E-state index contributed by atoms with van der Waals surface area (Å²) in [5, 5.41) is 12.1. The zero-order valence-corrected chi connectivity index (χ0v) is 12.0. The molecule has 2 aliphatic rings. The number of carboxylic acid groups (broad SMARTS) is 1. The first-order valence-electron chi connectivity index (χ1n) is 7.60. The summed E-state index contributed by atoms with van der Waals surface area (Å²) in [6.45, 7) is 3.89. The van der Waals surface area contributed by atoms with Gasteiger partial charge >= 0.3 is 5.97 Å². The van der Waals surface area contributed by atoms with Crippen molar-refractivity contribution >= 4 is 5.97 Å². The van der Waals surface area contributed by atoms with Gasteiger partial charge in [0.15, 0.2) is 0 Å². The van der Waals surface area contributed by atoms with Gasteiger partial charge in [-0.1, -0.05) is 6.07 Å². The highest BCUT2D eigenvalue weighted by Crippen LogP contribution is 2.31. The molecule has 21 heavy (non-hydrogen) atoms. The number of halogens is 1. The van der Waals surface area contributed by atoms with E-state index in [1.54, 1.807) is 6.07 Å². The van der Waals surface area contributed by atoms with Gasteiger partial charge < -0.3 is 15.3 Å². The van der Waals surface area contributed by atoms with Crippen molar-refractivity contribution in [1.29, 1.82) is 0 Å². The van der Waals surface area contributed by atoms with Crippen molar-refractivity contribution in [2.75, 3.05) is 19.6 Å². The summed E-state index contributed by atoms with van der Waals surface area (Å²) in [6.07, 6.45) is 3.94. The van der Waals surface area contributed by atoms with Crippen molar-refractivity contribution in [3.05, 3.63) is 35.1 Å². The van der Waals surface area contributed by atoms with E-state index in [1.165, 1.54) is 44.5 Å². The van der Waals surface area contributed by atoms with E-state index in [0.29, 0.717) is 12.5 Å². The van der Waals surface area contributed by atoms with Crippen LogP contribution in [0.15, 0.2) is 18.2 Å². The molecule has 1 aliphatic carbocycles. The van der Waals surface area contributed by atoms with Crippen LogP contribution >= 0.6 is 0 Å². The number of likely N-dealkylation sites (tertiary alicyclic amines) is 1. The molecule has 0 spiro atoms. The lowest BCUT2D eigenvalue weighted by molar-refractivity contribution is 0.0692. The van der Waals surface area contributed by atoms with Gasteiger partial charge in [-0.05, 0) is 56.0 Å². The van der Waals surface area contributed by atoms with Gasteiger partial charge in [0.05, 0.1) is 5.56 Å². The topological polar surface area (TPSA) is 52.6 Å². The Morgan fingerprint density at radius 3 is 2.86 bits per heavy atom. The molecule has 1 saturated heterocycles. The van der Waals surface area contributed by atoms with Crippen LogP contribution in [-0.4, -0.2) is 41.7 Å². The van der Waals surface area contributed by atoms with Crippen LogP contribution in [0, 0.1) is 11.7 Å². The maximum atomic E-state index is 13.6. The molecule has 5 heteroatoms. The van der Waals surface area contributed by atoms with Gasteiger partial charge in [-0.25, -0.2) is 9.18 Å². The molecule has 0 bridgehead atoms. The number of benzene rings is 1. The Morgan fingerprint density at radius 1 is 1.38 bits per heavy atom. The molecule has 1 heterocycles. The van der Waals surface area contributed by atoms with E-state index in [1.807, 2.05) is 0 Å². The van der Waals surface area contributed by atoms with Gasteiger partial charge in [-0.15, -0.1) is 0 Å². The Balaban J connectivity index is 1.45. The van der Waals surface area contributed by atoms with Crippen molar-refractivity contribution in [3.63, 3.8) is 0 Å². The van der Waals surface area contributed by atoms with E-state index >= 15 is 0 Å². The quantitative estimate of drug-likeness (QED) is 0.843. The number of carbonyl (C=O) groups is 1. The number of nitrogens with one attached hydrogen (secondary N) is 1. The second-order valence-corrected chi connectivity index (χ2v) is 6.13. The third kappa shape index (κ3) is 3.60. The summed E-state index contributed by atoms with van der Waals surface area (Å²) < 4.78 is 13.6. The minimum absolute atomic E-state index is 0.269. The normalized spacial score (nSPS) is 22.6. The van der Waals surface area contributed by atoms with E-state index < -0.39 is 11.8 Å². The van der Waals surface area contributed by atoms with Gasteiger partial charge in [-0.2, -0.15) is 0 Å². The molecule has 4 nitrogen and oxygen atoms in total. The smallest absolute Gasteiger partial charge is 0.338 e. The summed E-state index contributed by atoms with van der Waals surface area (Å²) in [4.78, 5) is 13.3. The molecule has 114 valence electrons. The minimum atomic E-state index is -1.22. The van der Waals surface area contributed by atoms with E-state index in [2.05, 4.69) is 10.2 Å². The number of nitrogens with zero attached hydrogens (tertiary/aromatic N) is 1. The third-order valence-electron chi connectivity index (χ3n) is 4.41. The van der Waals surface area contributed by atoms with Gasteiger partial charge in [0.25, 0.3) is 0 Å². The second-order valence-electron chi connectivity index (χ2n) is 6.13. The van der Waals surface area contributed by atoms with Crippen LogP contribution in [-0.2, 0) is 6.54 Å². The van der Waals surface area contributed by atoms with Crippen molar-refractivity contribution in [2.45, 2.75) is 31.8 Å². The highest BCUT2D eigenvalue weighted by atomic mass is 19.1. The second kappa shape index (κ2) is 6.12. The summed E-state index contributed by atoms with van der Waals surface area (Å²) >= 11 is 0. The fourth-order valence-electron chi connectivity index (χ4n) is 3.06. The summed E-state index contributed by atoms with van der Waals surface area (Å²) in [5.41, 5.74) is 0.518. The SMILES string of the molecule is O=C(O)c1ccc(CNCC2CCN(C3CC3)C2)cc1F. The first-order valence-corrected chi connectivity index (χ1v) is 7.60. The van der Waals surface area contributed by atoms with Crippen molar-refractivity contribution in [3.8, 4) is 0 Å². The van der Waals surface area contributed by atoms with Crippen molar-refractivity contribution in [2.24, 2.45) is 5.92 Å². The number of aromatic carboxylic acids is 1. The first-order chi connectivity index (χ1) is 10.1. The molecule has 0 aromatic heterocycles. The fraction of sp³-hybridized carbons (Fsp3) is 0.562. The van der Waals surface area contributed by atoms with Crippen LogP contribution in [0.5, 0.6) is 0 Å². The van der Waals surface area contributed by atoms with E-state index in [0.717, 1.165) is 18.2 Å². The fourth-order valence-corrected chi connectivity index (χ4v) is 3.06. The van der Waals surface area contributed by atoms with Crippen LogP contribution in [0.1, 0.15) is 35.2 Å². The Hall–Kier alpha value is -1.46. The average molecular weight is 292 g/mol. The average Bonchev–Trinajstić information content (AvgIpc) is 3.19. The van der Waals surface area contributed by atoms with Crippen molar-refractivity contribution in [1.82, 2.24) is 10.2 Å². The summed E-state index contributed by atoms with van der Waals surface area (Å²) in [5.74, 6) is -1.21. The largest absolute Gasteiger partial charge is 0.478 e. The Labute approximate surface area is 124 Å². The van der Waals surface area contributed by atoms with Crippen LogP contribution in [0.2, 0.25) is 0 Å².